The van der Waals surface area contributed by atoms with E-state index in [1.54, 1.807) is 5.19 Å². The first-order valence-electron chi connectivity index (χ1n) is 17.9. The van der Waals surface area contributed by atoms with Crippen LogP contribution in [0.5, 0.6) is 0 Å². The molecular formula is C43H50N3OSi+. The Morgan fingerprint density at radius 1 is 1.06 bits per heavy atom. The quantitative estimate of drug-likeness (QED) is 0.108. The van der Waals surface area contributed by atoms with Gasteiger partial charge >= 0.3 is 0 Å². The Bertz CT molecular complexity index is 2110. The fourth-order valence-corrected chi connectivity index (χ4v) is 9.76. The highest BCUT2D eigenvalue weighted by atomic mass is 28.3. The lowest BCUT2D eigenvalue weighted by atomic mass is 9.77. The monoisotopic (exact) mass is 652 g/mol. The highest BCUT2D eigenvalue weighted by Gasteiger charge is 2.42. The van der Waals surface area contributed by atoms with Crippen LogP contribution in [0, 0.1) is 6.92 Å². The maximum absolute atomic E-state index is 6.63. The number of allylic oxidation sites excluding steroid dienone is 2. The van der Waals surface area contributed by atoms with Gasteiger partial charge < -0.3 is 4.42 Å². The molecule has 2 aliphatic heterocycles. The first kappa shape index (κ1) is 32.5. The van der Waals surface area contributed by atoms with Gasteiger partial charge in [0.05, 0.1) is 20.3 Å². The molecule has 5 heteroatoms. The van der Waals surface area contributed by atoms with Gasteiger partial charge in [-0.2, -0.15) is 4.57 Å². The van der Waals surface area contributed by atoms with Crippen molar-refractivity contribution < 1.29 is 8.98 Å². The third-order valence-corrected chi connectivity index (χ3v) is 12.5. The standard InChI is InChI=1S/C43H50N3OSi/c1-9-10-11-16-37-41-30(19-22-34-35-20-17-29(5)45-43(35)47-42(34)41)18-21-33-31-14-12-13-15-32(31)39-24-36(27(2)3)40(48(6,7)8)26-46(39)38(33)23-28(4)25-44-37/h11-17,19-20,22,24,26-27,33,38H,4,9-10,18,21,23,25H2,1-3,5-8H3/q+1/b16-11-,44-37?. The number of furan rings is 1. The lowest BCUT2D eigenvalue weighted by molar-refractivity contribution is -0.717. The van der Waals surface area contributed by atoms with Gasteiger partial charge in [0.1, 0.15) is 5.58 Å². The predicted octanol–water partition coefficient (Wildman–Crippen LogP) is 10.3. The van der Waals surface area contributed by atoms with Gasteiger partial charge in [0, 0.05) is 51.2 Å². The third kappa shape index (κ3) is 5.81. The van der Waals surface area contributed by atoms with Crippen LogP contribution in [-0.4, -0.2) is 25.3 Å². The summed E-state index contributed by atoms with van der Waals surface area (Å²) in [7, 11) is -1.62. The lowest BCUT2D eigenvalue weighted by Gasteiger charge is -2.33. The minimum absolute atomic E-state index is 0.275. The number of hydrogen-bond acceptors (Lipinski definition) is 3. The fraction of sp³-hybridized carbons (Fsp3) is 0.372. The number of nitrogens with zero attached hydrogens (tertiary/aromatic N) is 3. The maximum Gasteiger partial charge on any atom is 0.227 e. The van der Waals surface area contributed by atoms with Crippen molar-refractivity contribution in [3.8, 4) is 11.3 Å². The van der Waals surface area contributed by atoms with E-state index < -0.39 is 8.07 Å². The Labute approximate surface area is 287 Å². The van der Waals surface area contributed by atoms with E-state index in [0.29, 0.717) is 24.1 Å². The molecule has 2 atom stereocenters. The summed E-state index contributed by atoms with van der Waals surface area (Å²) < 4.78 is 9.28. The largest absolute Gasteiger partial charge is 0.437 e. The Hall–Kier alpha value is -4.09. The van der Waals surface area contributed by atoms with E-state index in [9.17, 15) is 0 Å². The summed E-state index contributed by atoms with van der Waals surface area (Å²) in [5.74, 6) is 0.819. The van der Waals surface area contributed by atoms with E-state index in [0.717, 1.165) is 65.4 Å². The van der Waals surface area contributed by atoms with Gasteiger partial charge in [-0.25, -0.2) is 4.98 Å². The Morgan fingerprint density at radius 3 is 2.62 bits per heavy atom. The van der Waals surface area contributed by atoms with Gasteiger partial charge in [-0.05, 0) is 78.6 Å². The molecule has 2 aromatic carbocycles. The highest BCUT2D eigenvalue weighted by molar-refractivity contribution is 6.89. The highest BCUT2D eigenvalue weighted by Crippen LogP contribution is 2.44. The van der Waals surface area contributed by atoms with Gasteiger partial charge in [0.15, 0.2) is 12.2 Å². The molecule has 0 spiro atoms. The molecule has 3 aromatic heterocycles. The number of hydrogen-bond donors (Lipinski definition) is 0. The number of aryl methyl sites for hydroxylation is 2. The molecule has 0 bridgehead atoms. The van der Waals surface area contributed by atoms with E-state index in [4.69, 9.17) is 14.4 Å². The summed E-state index contributed by atoms with van der Waals surface area (Å²) in [6, 6.07) is 20.7. The number of fused-ring (bicyclic) bond motifs is 11. The topological polar surface area (TPSA) is 42.3 Å². The Morgan fingerprint density at radius 2 is 1.85 bits per heavy atom. The molecule has 0 saturated heterocycles. The van der Waals surface area contributed by atoms with Crippen LogP contribution in [-0.2, 0) is 6.42 Å². The Balaban J connectivity index is 1.43. The van der Waals surface area contributed by atoms with Crippen molar-refractivity contribution in [1.29, 1.82) is 0 Å². The first-order chi connectivity index (χ1) is 23.0. The molecule has 5 heterocycles. The zero-order chi connectivity index (χ0) is 33.7. The summed E-state index contributed by atoms with van der Waals surface area (Å²) in [6.07, 6.45) is 12.0. The molecule has 0 fully saturated rings. The minimum Gasteiger partial charge on any atom is -0.437 e. The zero-order valence-corrected chi connectivity index (χ0v) is 30.9. The molecule has 2 unspecified atom stereocenters. The van der Waals surface area contributed by atoms with Crippen LogP contribution in [0.3, 0.4) is 0 Å². The molecule has 4 nitrogen and oxygen atoms in total. The number of pyridine rings is 2. The number of unbranched alkanes of at least 4 members (excludes halogenated alkanes) is 1. The maximum atomic E-state index is 6.63. The summed E-state index contributed by atoms with van der Waals surface area (Å²) in [6.45, 7) is 21.7. The second kappa shape index (κ2) is 12.7. The summed E-state index contributed by atoms with van der Waals surface area (Å²) in [5, 5.41) is 3.73. The van der Waals surface area contributed by atoms with E-state index in [-0.39, 0.29) is 6.04 Å². The molecular weight excluding hydrogens is 603 g/mol. The summed E-state index contributed by atoms with van der Waals surface area (Å²) >= 11 is 0. The molecule has 0 radical (unpaired) electrons. The zero-order valence-electron chi connectivity index (χ0n) is 29.9. The summed E-state index contributed by atoms with van der Waals surface area (Å²) in [5.41, 5.74) is 12.8. The average Bonchev–Trinajstić information content (AvgIpc) is 3.41. The molecule has 0 aliphatic carbocycles. The molecule has 0 saturated carbocycles. The number of aliphatic imine (C=N–C) groups is 1. The van der Waals surface area contributed by atoms with Crippen LogP contribution in [0.15, 0.2) is 94.5 Å². The van der Waals surface area contributed by atoms with Crippen LogP contribution in [0.4, 0.5) is 0 Å². The van der Waals surface area contributed by atoms with E-state index in [2.05, 4.69) is 125 Å². The molecule has 7 rings (SSSR count). The predicted molar refractivity (Wildman–Crippen MR) is 205 cm³/mol. The molecule has 0 N–H and O–H groups in total. The Kier molecular flexibility index (Phi) is 8.61. The van der Waals surface area contributed by atoms with Crippen LogP contribution in [0.2, 0.25) is 19.6 Å². The van der Waals surface area contributed by atoms with Crippen molar-refractivity contribution in [3.05, 3.63) is 113 Å². The van der Waals surface area contributed by atoms with Crippen molar-refractivity contribution in [2.45, 2.75) is 97.3 Å². The second-order valence-electron chi connectivity index (χ2n) is 15.4. The molecule has 2 aliphatic rings. The van der Waals surface area contributed by atoms with Gasteiger partial charge in [0.2, 0.25) is 11.4 Å². The van der Waals surface area contributed by atoms with E-state index >= 15 is 0 Å². The minimum atomic E-state index is -1.62. The molecule has 0 amide bonds. The third-order valence-electron chi connectivity index (χ3n) is 10.5. The van der Waals surface area contributed by atoms with Gasteiger partial charge in [0.25, 0.3) is 0 Å². The van der Waals surface area contributed by atoms with E-state index in [1.807, 2.05) is 6.92 Å². The van der Waals surface area contributed by atoms with Crippen LogP contribution in [0.25, 0.3) is 33.3 Å². The van der Waals surface area contributed by atoms with E-state index in [1.165, 1.54) is 33.5 Å². The molecule has 48 heavy (non-hydrogen) atoms. The smallest absolute Gasteiger partial charge is 0.227 e. The van der Waals surface area contributed by atoms with Crippen molar-refractivity contribution >= 4 is 41.0 Å². The van der Waals surface area contributed by atoms with Crippen molar-refractivity contribution in [2.24, 2.45) is 4.99 Å². The van der Waals surface area contributed by atoms with Gasteiger partial charge in [-0.3, -0.25) is 4.99 Å². The van der Waals surface area contributed by atoms with Crippen LogP contribution in [0.1, 0.15) is 92.3 Å². The van der Waals surface area contributed by atoms with Crippen molar-refractivity contribution in [1.82, 2.24) is 4.98 Å². The normalized spacial score (nSPS) is 18.4. The van der Waals surface area contributed by atoms with Crippen molar-refractivity contribution in [2.75, 3.05) is 6.54 Å². The van der Waals surface area contributed by atoms with Gasteiger partial charge in [-0.15, -0.1) is 0 Å². The average molecular weight is 653 g/mol. The SMILES string of the molecule is C=C1CN=C(/C=C\CCC)c2c(ccc3c2oc2nc(C)ccc23)CCC2c3ccccc3-c3cc(C(C)C)c([Si](C)(C)C)c[n+]3C2C1. The van der Waals surface area contributed by atoms with Crippen molar-refractivity contribution in [3.63, 3.8) is 0 Å². The van der Waals surface area contributed by atoms with Gasteiger partial charge in [-0.1, -0.05) is 89.8 Å². The lowest BCUT2D eigenvalue weighted by Crippen LogP contribution is -2.54. The first-order valence-corrected chi connectivity index (χ1v) is 21.4. The fourth-order valence-electron chi connectivity index (χ4n) is 8.01. The summed E-state index contributed by atoms with van der Waals surface area (Å²) in [4.78, 5) is 10.1. The molecule has 246 valence electrons. The van der Waals surface area contributed by atoms with Crippen LogP contribution >= 0.6 is 0 Å². The second-order valence-corrected chi connectivity index (χ2v) is 20.4. The number of benzene rings is 2. The molecule has 5 aromatic rings. The van der Waals surface area contributed by atoms with Crippen LogP contribution < -0.4 is 9.75 Å². The number of rotatable bonds is 5. The number of aromatic nitrogens is 2.